The predicted octanol–water partition coefficient (Wildman–Crippen LogP) is 1.29. The fourth-order valence-electron chi connectivity index (χ4n) is 1.70. The fourth-order valence-corrected chi connectivity index (χ4v) is 1.70. The van der Waals surface area contributed by atoms with E-state index in [0.717, 1.165) is 4.90 Å². The van der Waals surface area contributed by atoms with Crippen molar-refractivity contribution >= 4 is 11.7 Å². The van der Waals surface area contributed by atoms with Crippen LogP contribution in [-0.4, -0.2) is 34.8 Å². The van der Waals surface area contributed by atoms with E-state index in [-0.39, 0.29) is 23.3 Å². The number of rotatable bonds is 4. The van der Waals surface area contributed by atoms with Crippen LogP contribution in [0.5, 0.6) is 0 Å². The summed E-state index contributed by atoms with van der Waals surface area (Å²) >= 11 is 0. The SMILES string of the molecule is N=C(N)c1ccnnc1N(CC(F)(F)F)C1CC1. The molecule has 18 heavy (non-hydrogen) atoms. The van der Waals surface area contributed by atoms with E-state index in [2.05, 4.69) is 10.2 Å². The van der Waals surface area contributed by atoms with Crippen molar-refractivity contribution in [1.29, 1.82) is 5.41 Å². The normalized spacial score (nSPS) is 15.5. The van der Waals surface area contributed by atoms with Gasteiger partial charge in [0.25, 0.3) is 0 Å². The number of alkyl halides is 3. The Labute approximate surface area is 101 Å². The number of hydrogen-bond donors (Lipinski definition) is 2. The van der Waals surface area contributed by atoms with E-state index in [4.69, 9.17) is 11.1 Å². The molecule has 1 saturated carbocycles. The zero-order valence-corrected chi connectivity index (χ0v) is 9.41. The van der Waals surface area contributed by atoms with Gasteiger partial charge < -0.3 is 10.6 Å². The van der Waals surface area contributed by atoms with Crippen molar-refractivity contribution in [3.63, 3.8) is 0 Å². The average Bonchev–Trinajstić information content (AvgIpc) is 3.08. The average molecular weight is 259 g/mol. The summed E-state index contributed by atoms with van der Waals surface area (Å²) < 4.78 is 37.6. The summed E-state index contributed by atoms with van der Waals surface area (Å²) in [6.07, 6.45) is -1.65. The smallest absolute Gasteiger partial charge is 0.384 e. The van der Waals surface area contributed by atoms with Gasteiger partial charge >= 0.3 is 6.18 Å². The topological polar surface area (TPSA) is 78.9 Å². The molecular weight excluding hydrogens is 247 g/mol. The van der Waals surface area contributed by atoms with Gasteiger partial charge in [-0.2, -0.15) is 18.3 Å². The van der Waals surface area contributed by atoms with Gasteiger partial charge in [-0.3, -0.25) is 5.41 Å². The Morgan fingerprint density at radius 3 is 2.67 bits per heavy atom. The van der Waals surface area contributed by atoms with Crippen molar-refractivity contribution in [3.8, 4) is 0 Å². The van der Waals surface area contributed by atoms with Crippen molar-refractivity contribution in [1.82, 2.24) is 10.2 Å². The van der Waals surface area contributed by atoms with Gasteiger partial charge in [0.1, 0.15) is 12.4 Å². The van der Waals surface area contributed by atoms with Gasteiger partial charge in [0.05, 0.1) is 11.8 Å². The van der Waals surface area contributed by atoms with Gasteiger partial charge in [-0.05, 0) is 18.9 Å². The molecule has 8 heteroatoms. The summed E-state index contributed by atoms with van der Waals surface area (Å²) in [6, 6.07) is 1.21. The molecule has 0 unspecified atom stereocenters. The Bertz CT molecular complexity index is 455. The summed E-state index contributed by atoms with van der Waals surface area (Å²) in [5.41, 5.74) is 5.53. The van der Waals surface area contributed by atoms with E-state index < -0.39 is 12.7 Å². The zero-order chi connectivity index (χ0) is 13.3. The summed E-state index contributed by atoms with van der Waals surface area (Å²) in [7, 11) is 0. The number of aromatic nitrogens is 2. The first-order chi connectivity index (χ1) is 8.38. The predicted molar refractivity (Wildman–Crippen MR) is 59.5 cm³/mol. The highest BCUT2D eigenvalue weighted by Gasteiger charge is 2.39. The minimum Gasteiger partial charge on any atom is -0.384 e. The number of nitrogens with zero attached hydrogens (tertiary/aromatic N) is 3. The number of nitrogens with two attached hydrogens (primary N) is 1. The third-order valence-corrected chi connectivity index (χ3v) is 2.60. The largest absolute Gasteiger partial charge is 0.405 e. The van der Waals surface area contributed by atoms with Crippen LogP contribution in [0.2, 0.25) is 0 Å². The lowest BCUT2D eigenvalue weighted by Crippen LogP contribution is -2.38. The lowest BCUT2D eigenvalue weighted by molar-refractivity contribution is -0.120. The Morgan fingerprint density at radius 1 is 1.50 bits per heavy atom. The fraction of sp³-hybridized carbons (Fsp3) is 0.500. The van der Waals surface area contributed by atoms with Crippen LogP contribution in [0.3, 0.4) is 0 Å². The Kier molecular flexibility index (Phi) is 3.10. The maximum Gasteiger partial charge on any atom is 0.405 e. The monoisotopic (exact) mass is 259 g/mol. The molecule has 1 fully saturated rings. The van der Waals surface area contributed by atoms with Crippen molar-refractivity contribution in [2.45, 2.75) is 25.1 Å². The molecule has 1 aliphatic rings. The highest BCUT2D eigenvalue weighted by atomic mass is 19.4. The minimum atomic E-state index is -4.33. The molecule has 0 atom stereocenters. The highest BCUT2D eigenvalue weighted by Crippen LogP contribution is 2.34. The van der Waals surface area contributed by atoms with Crippen LogP contribution in [-0.2, 0) is 0 Å². The molecule has 3 N–H and O–H groups in total. The molecule has 1 aromatic rings. The maximum absolute atomic E-state index is 12.5. The number of amidine groups is 1. The molecule has 5 nitrogen and oxygen atoms in total. The molecule has 0 saturated heterocycles. The van der Waals surface area contributed by atoms with Gasteiger partial charge in [0, 0.05) is 6.04 Å². The molecule has 0 aromatic carbocycles. The molecule has 1 aliphatic carbocycles. The number of nitrogen functional groups attached to an aromatic ring is 1. The van der Waals surface area contributed by atoms with Crippen LogP contribution in [0, 0.1) is 5.41 Å². The first-order valence-electron chi connectivity index (χ1n) is 5.38. The van der Waals surface area contributed by atoms with E-state index in [9.17, 15) is 13.2 Å². The number of halogens is 3. The lowest BCUT2D eigenvalue weighted by Gasteiger charge is -2.25. The number of anilines is 1. The number of nitrogens with one attached hydrogen (secondary N) is 1. The van der Waals surface area contributed by atoms with E-state index >= 15 is 0 Å². The molecule has 2 rings (SSSR count). The molecule has 1 aromatic heterocycles. The molecule has 0 radical (unpaired) electrons. The standard InChI is InChI=1S/C10H12F3N5/c11-10(12,13)5-18(6-1-2-6)9-7(8(14)15)3-4-16-17-9/h3-4,6H,1-2,5H2,(H3,14,15). The molecule has 0 spiro atoms. The molecule has 0 amide bonds. The van der Waals surface area contributed by atoms with Crippen LogP contribution in [0.1, 0.15) is 18.4 Å². The maximum atomic E-state index is 12.5. The van der Waals surface area contributed by atoms with Crippen LogP contribution in [0.15, 0.2) is 12.3 Å². The Balaban J connectivity index is 2.33. The van der Waals surface area contributed by atoms with E-state index in [1.165, 1.54) is 12.3 Å². The summed E-state index contributed by atoms with van der Waals surface area (Å²) in [5, 5.41) is 14.6. The Hall–Kier alpha value is -1.86. The summed E-state index contributed by atoms with van der Waals surface area (Å²) in [6.45, 7) is -1.10. The third-order valence-electron chi connectivity index (χ3n) is 2.60. The van der Waals surface area contributed by atoms with E-state index in [1.54, 1.807) is 0 Å². The summed E-state index contributed by atoms with van der Waals surface area (Å²) in [5.74, 6) is -0.280. The summed E-state index contributed by atoms with van der Waals surface area (Å²) in [4.78, 5) is 1.13. The van der Waals surface area contributed by atoms with Crippen LogP contribution in [0.25, 0.3) is 0 Å². The first kappa shape index (κ1) is 12.6. The third kappa shape index (κ3) is 2.88. The quantitative estimate of drug-likeness (QED) is 0.631. The first-order valence-corrected chi connectivity index (χ1v) is 5.38. The van der Waals surface area contributed by atoms with Gasteiger partial charge in [-0.15, -0.1) is 5.10 Å². The van der Waals surface area contributed by atoms with Gasteiger partial charge in [0.2, 0.25) is 0 Å². The van der Waals surface area contributed by atoms with Crippen LogP contribution >= 0.6 is 0 Å². The van der Waals surface area contributed by atoms with Crippen molar-refractivity contribution in [3.05, 3.63) is 17.8 Å². The second-order valence-electron chi connectivity index (χ2n) is 4.16. The van der Waals surface area contributed by atoms with E-state index in [1.807, 2.05) is 0 Å². The second kappa shape index (κ2) is 4.43. The zero-order valence-electron chi connectivity index (χ0n) is 9.41. The number of hydrogen-bond acceptors (Lipinski definition) is 4. The van der Waals surface area contributed by atoms with Crippen molar-refractivity contribution in [2.75, 3.05) is 11.4 Å². The lowest BCUT2D eigenvalue weighted by atomic mass is 10.2. The van der Waals surface area contributed by atoms with Crippen molar-refractivity contribution in [2.24, 2.45) is 5.73 Å². The van der Waals surface area contributed by atoms with Crippen LogP contribution < -0.4 is 10.6 Å². The molecule has 0 aliphatic heterocycles. The molecule has 98 valence electrons. The highest BCUT2D eigenvalue weighted by molar-refractivity contribution is 5.99. The van der Waals surface area contributed by atoms with Crippen LogP contribution in [0.4, 0.5) is 19.0 Å². The van der Waals surface area contributed by atoms with E-state index in [0.29, 0.717) is 12.8 Å². The van der Waals surface area contributed by atoms with Crippen molar-refractivity contribution < 1.29 is 13.2 Å². The van der Waals surface area contributed by atoms with Gasteiger partial charge in [-0.1, -0.05) is 0 Å². The Morgan fingerprint density at radius 2 is 2.17 bits per heavy atom. The molecule has 0 bridgehead atoms. The minimum absolute atomic E-state index is 0.0322. The van der Waals surface area contributed by atoms with Gasteiger partial charge in [-0.25, -0.2) is 0 Å². The molecule has 1 heterocycles. The second-order valence-corrected chi connectivity index (χ2v) is 4.16. The molecular formula is C10H12F3N5. The van der Waals surface area contributed by atoms with Gasteiger partial charge in [0.15, 0.2) is 5.82 Å².